The van der Waals surface area contributed by atoms with E-state index in [0.29, 0.717) is 18.5 Å². The average Bonchev–Trinajstić information content (AvgIpc) is 2.60. The van der Waals surface area contributed by atoms with Crippen molar-refractivity contribution in [1.29, 1.82) is 0 Å². The van der Waals surface area contributed by atoms with Gasteiger partial charge in [-0.25, -0.2) is 13.1 Å². The van der Waals surface area contributed by atoms with Gasteiger partial charge in [0.05, 0.1) is 5.75 Å². The maximum absolute atomic E-state index is 12.1. The topological polar surface area (TPSA) is 75.3 Å². The lowest BCUT2D eigenvalue weighted by atomic mass is 10.0. The van der Waals surface area contributed by atoms with Crippen molar-refractivity contribution in [3.8, 4) is 0 Å². The summed E-state index contributed by atoms with van der Waals surface area (Å²) in [5.41, 5.74) is 5.28. The zero-order chi connectivity index (χ0) is 19.2. The van der Waals surface area contributed by atoms with E-state index in [-0.39, 0.29) is 11.7 Å². The number of carbonyl (C=O) groups is 1. The number of hydrogen-bond acceptors (Lipinski definition) is 3. The quantitative estimate of drug-likeness (QED) is 0.746. The molecule has 0 heterocycles. The van der Waals surface area contributed by atoms with E-state index in [9.17, 15) is 13.2 Å². The molecule has 0 bridgehead atoms. The van der Waals surface area contributed by atoms with Gasteiger partial charge in [-0.1, -0.05) is 48.0 Å². The third-order valence-corrected chi connectivity index (χ3v) is 5.64. The molecule has 2 aromatic rings. The number of rotatable bonds is 8. The van der Waals surface area contributed by atoms with Gasteiger partial charge in [-0.2, -0.15) is 0 Å². The minimum absolute atomic E-state index is 0.00631. The van der Waals surface area contributed by atoms with Crippen LogP contribution in [0.2, 0.25) is 0 Å². The molecule has 6 heteroatoms. The van der Waals surface area contributed by atoms with Gasteiger partial charge in [0.25, 0.3) is 0 Å². The standard InChI is InChI=1S/C20H26N2O3S/c1-15-4-9-19(16(2)12-15)10-11-20(23)22-13-17-5-7-18(8-6-17)14-26(24,25)21-3/h4-9,12,21H,10-11,13-14H2,1-3H3,(H,22,23). The Labute approximate surface area is 155 Å². The van der Waals surface area contributed by atoms with Crippen molar-refractivity contribution < 1.29 is 13.2 Å². The highest BCUT2D eigenvalue weighted by molar-refractivity contribution is 7.88. The summed E-state index contributed by atoms with van der Waals surface area (Å²) >= 11 is 0. The smallest absolute Gasteiger partial charge is 0.220 e. The van der Waals surface area contributed by atoms with Crippen molar-refractivity contribution >= 4 is 15.9 Å². The Kier molecular flexibility index (Phi) is 6.94. The van der Waals surface area contributed by atoms with Gasteiger partial charge in [-0.15, -0.1) is 0 Å². The van der Waals surface area contributed by atoms with Gasteiger partial charge in [0.1, 0.15) is 0 Å². The van der Waals surface area contributed by atoms with Crippen LogP contribution in [-0.2, 0) is 33.5 Å². The van der Waals surface area contributed by atoms with E-state index < -0.39 is 10.0 Å². The molecule has 26 heavy (non-hydrogen) atoms. The van der Waals surface area contributed by atoms with Crippen molar-refractivity contribution in [1.82, 2.24) is 10.0 Å². The first-order valence-electron chi connectivity index (χ1n) is 8.61. The second-order valence-electron chi connectivity index (χ2n) is 6.49. The van der Waals surface area contributed by atoms with Crippen molar-refractivity contribution in [3.63, 3.8) is 0 Å². The highest BCUT2D eigenvalue weighted by Gasteiger charge is 2.09. The van der Waals surface area contributed by atoms with Crippen molar-refractivity contribution in [2.45, 2.75) is 39.0 Å². The van der Waals surface area contributed by atoms with E-state index in [1.54, 1.807) is 12.1 Å². The van der Waals surface area contributed by atoms with Crippen molar-refractivity contribution in [3.05, 3.63) is 70.3 Å². The molecule has 140 valence electrons. The average molecular weight is 375 g/mol. The molecule has 0 aliphatic rings. The first-order chi connectivity index (χ1) is 12.3. The monoisotopic (exact) mass is 374 g/mol. The lowest BCUT2D eigenvalue weighted by molar-refractivity contribution is -0.121. The summed E-state index contributed by atoms with van der Waals surface area (Å²) in [5, 5.41) is 2.91. The normalized spacial score (nSPS) is 11.3. The van der Waals surface area contributed by atoms with Crippen molar-refractivity contribution in [2.75, 3.05) is 7.05 Å². The molecule has 2 rings (SSSR count). The van der Waals surface area contributed by atoms with Crippen LogP contribution in [0.5, 0.6) is 0 Å². The molecule has 0 saturated carbocycles. The summed E-state index contributed by atoms with van der Waals surface area (Å²) in [5.74, 6) is -0.0433. The number of benzene rings is 2. The number of hydrogen-bond donors (Lipinski definition) is 2. The number of amides is 1. The summed E-state index contributed by atoms with van der Waals surface area (Å²) < 4.78 is 25.4. The van der Waals surface area contributed by atoms with Crippen LogP contribution in [0.25, 0.3) is 0 Å². The first-order valence-corrected chi connectivity index (χ1v) is 10.3. The predicted molar refractivity (Wildman–Crippen MR) is 104 cm³/mol. The van der Waals surface area contributed by atoms with E-state index in [4.69, 9.17) is 0 Å². The van der Waals surface area contributed by atoms with E-state index in [1.807, 2.05) is 12.1 Å². The molecule has 0 saturated heterocycles. The SMILES string of the molecule is CNS(=O)(=O)Cc1ccc(CNC(=O)CCc2ccc(C)cc2C)cc1. The third-order valence-electron chi connectivity index (χ3n) is 4.30. The van der Waals surface area contributed by atoms with Crippen LogP contribution in [0.15, 0.2) is 42.5 Å². The molecule has 0 spiro atoms. The van der Waals surface area contributed by atoms with Gasteiger partial charge in [-0.3, -0.25) is 4.79 Å². The lowest BCUT2D eigenvalue weighted by Gasteiger charge is -2.09. The summed E-state index contributed by atoms with van der Waals surface area (Å²) in [4.78, 5) is 12.1. The molecule has 1 amide bonds. The first kappa shape index (κ1) is 20.1. The van der Waals surface area contributed by atoms with Gasteiger partial charge in [0, 0.05) is 13.0 Å². The fourth-order valence-electron chi connectivity index (χ4n) is 2.71. The molecule has 0 unspecified atom stereocenters. The zero-order valence-electron chi connectivity index (χ0n) is 15.5. The number of sulfonamides is 1. The van der Waals surface area contributed by atoms with Gasteiger partial charge in [0.15, 0.2) is 0 Å². The van der Waals surface area contributed by atoms with Crippen LogP contribution in [0.4, 0.5) is 0 Å². The van der Waals surface area contributed by atoms with Gasteiger partial charge in [-0.05, 0) is 49.6 Å². The number of carbonyl (C=O) groups excluding carboxylic acids is 1. The molecule has 0 atom stereocenters. The fourth-order valence-corrected chi connectivity index (χ4v) is 3.48. The van der Waals surface area contributed by atoms with Crippen LogP contribution in [0.3, 0.4) is 0 Å². The van der Waals surface area contributed by atoms with Crippen LogP contribution in [0.1, 0.15) is 34.2 Å². The molecular formula is C20H26N2O3S. The van der Waals surface area contributed by atoms with E-state index >= 15 is 0 Å². The summed E-state index contributed by atoms with van der Waals surface area (Å²) in [7, 11) is -1.87. The highest BCUT2D eigenvalue weighted by atomic mass is 32.2. The largest absolute Gasteiger partial charge is 0.352 e. The molecule has 0 aliphatic heterocycles. The minimum Gasteiger partial charge on any atom is -0.352 e. The van der Waals surface area contributed by atoms with Gasteiger partial charge >= 0.3 is 0 Å². The van der Waals surface area contributed by atoms with Crippen LogP contribution in [0, 0.1) is 13.8 Å². The Hall–Kier alpha value is -2.18. The second kappa shape index (κ2) is 8.96. The Balaban J connectivity index is 1.81. The summed E-state index contributed by atoms with van der Waals surface area (Å²) in [6.45, 7) is 4.56. The summed E-state index contributed by atoms with van der Waals surface area (Å²) in [6.07, 6.45) is 1.17. The number of aryl methyl sites for hydroxylation is 3. The molecular weight excluding hydrogens is 348 g/mol. The van der Waals surface area contributed by atoms with Gasteiger partial charge in [0.2, 0.25) is 15.9 Å². The Morgan fingerprint density at radius 2 is 1.65 bits per heavy atom. The van der Waals surface area contributed by atoms with E-state index in [2.05, 4.69) is 42.1 Å². The Morgan fingerprint density at radius 1 is 1.00 bits per heavy atom. The van der Waals surface area contributed by atoms with Gasteiger partial charge < -0.3 is 5.32 Å². The minimum atomic E-state index is -3.27. The van der Waals surface area contributed by atoms with E-state index in [0.717, 1.165) is 12.0 Å². The van der Waals surface area contributed by atoms with Crippen LogP contribution in [-0.4, -0.2) is 21.4 Å². The molecule has 0 aliphatic carbocycles. The molecule has 2 aromatic carbocycles. The zero-order valence-corrected chi connectivity index (χ0v) is 16.3. The second-order valence-corrected chi connectivity index (χ2v) is 8.41. The lowest BCUT2D eigenvalue weighted by Crippen LogP contribution is -2.23. The maximum Gasteiger partial charge on any atom is 0.220 e. The third kappa shape index (κ3) is 6.28. The van der Waals surface area contributed by atoms with E-state index in [1.165, 1.54) is 23.7 Å². The Morgan fingerprint density at radius 3 is 2.27 bits per heavy atom. The summed E-state index contributed by atoms with van der Waals surface area (Å²) in [6, 6.07) is 13.5. The maximum atomic E-state index is 12.1. The number of nitrogens with one attached hydrogen (secondary N) is 2. The van der Waals surface area contributed by atoms with Crippen molar-refractivity contribution in [2.24, 2.45) is 0 Å². The molecule has 0 radical (unpaired) electrons. The Bertz CT molecular complexity index is 859. The molecule has 0 aromatic heterocycles. The molecule has 5 nitrogen and oxygen atoms in total. The van der Waals surface area contributed by atoms with Crippen LogP contribution >= 0.6 is 0 Å². The molecule has 0 fully saturated rings. The highest BCUT2D eigenvalue weighted by Crippen LogP contribution is 2.13. The fraction of sp³-hybridized carbons (Fsp3) is 0.350. The molecule has 2 N–H and O–H groups in total. The predicted octanol–water partition coefficient (Wildman–Crippen LogP) is 2.60. The van der Waals surface area contributed by atoms with Crippen LogP contribution < -0.4 is 10.0 Å².